The van der Waals surface area contributed by atoms with Crippen molar-refractivity contribution in [2.75, 3.05) is 0 Å². The number of rotatable bonds is 8. The van der Waals surface area contributed by atoms with Gasteiger partial charge < -0.3 is 9.47 Å². The molecule has 32 heavy (non-hydrogen) atoms. The molecule has 2 atom stereocenters. The molecule has 2 unspecified atom stereocenters. The zero-order valence-electron chi connectivity index (χ0n) is 17.1. The van der Waals surface area contributed by atoms with Crippen LogP contribution in [-0.4, -0.2) is 16.7 Å². The van der Waals surface area contributed by atoms with E-state index in [4.69, 9.17) is 32.7 Å². The first-order valence-electron chi connectivity index (χ1n) is 9.65. The molecular weight excluding hydrogens is 471 g/mol. The molecule has 0 bridgehead atoms. The summed E-state index contributed by atoms with van der Waals surface area (Å²) in [6.45, 7) is 3.08. The number of allylic oxidation sites excluding steroid dienone is 2. The highest BCUT2D eigenvalue weighted by Crippen LogP contribution is 2.61. The van der Waals surface area contributed by atoms with Crippen LogP contribution in [0, 0.1) is 17.3 Å². The predicted molar refractivity (Wildman–Crippen MR) is 113 cm³/mol. The second-order valence-electron chi connectivity index (χ2n) is 8.07. The lowest BCUT2D eigenvalue weighted by Gasteiger charge is -2.17. The van der Waals surface area contributed by atoms with Crippen LogP contribution in [0.1, 0.15) is 19.4 Å². The number of hydrogen-bond donors (Lipinski definition) is 0. The molecule has 0 aliphatic heterocycles. The number of esters is 1. The van der Waals surface area contributed by atoms with Gasteiger partial charge in [-0.25, -0.2) is 0 Å². The number of ether oxygens (including phenoxy) is 2. The average Bonchev–Trinajstić information content (AvgIpc) is 3.24. The molecule has 1 fully saturated rings. The first kappa shape index (κ1) is 24.4. The van der Waals surface area contributed by atoms with Crippen LogP contribution in [-0.2, 0) is 16.1 Å². The van der Waals surface area contributed by atoms with E-state index in [1.807, 2.05) is 18.2 Å². The maximum Gasteiger partial charge on any atom is 0.351 e. The van der Waals surface area contributed by atoms with Crippen molar-refractivity contribution in [3.05, 3.63) is 71.8 Å². The molecule has 3 rings (SSSR count). The highest BCUT2D eigenvalue weighted by atomic mass is 35.5. The first-order chi connectivity index (χ1) is 14.8. The van der Waals surface area contributed by atoms with Crippen molar-refractivity contribution >= 4 is 29.2 Å². The van der Waals surface area contributed by atoms with Gasteiger partial charge in [-0.1, -0.05) is 50.3 Å². The van der Waals surface area contributed by atoms with Crippen molar-refractivity contribution in [2.24, 2.45) is 17.3 Å². The molecule has 1 aliphatic carbocycles. The number of alkyl halides is 6. The monoisotopic (exact) mass is 490 g/mol. The van der Waals surface area contributed by atoms with Gasteiger partial charge >= 0.3 is 16.7 Å². The maximum absolute atomic E-state index is 13.4. The minimum atomic E-state index is -4.35. The SMILES string of the molecule is CC1(C)C(C=C(C(F)(F)Cl)C(F)(F)Cl)C1C(=O)OCc1cccc(Oc2ccccc2)c1. The van der Waals surface area contributed by atoms with Crippen LogP contribution in [0.2, 0.25) is 0 Å². The number of carbonyl (C=O) groups is 1. The van der Waals surface area contributed by atoms with Gasteiger partial charge in [-0.05, 0) is 64.4 Å². The van der Waals surface area contributed by atoms with Crippen LogP contribution in [0.5, 0.6) is 11.5 Å². The number of benzene rings is 2. The van der Waals surface area contributed by atoms with Crippen molar-refractivity contribution in [3.63, 3.8) is 0 Å². The summed E-state index contributed by atoms with van der Waals surface area (Å²) >= 11 is 9.59. The fraction of sp³-hybridized carbons (Fsp3) is 0.348. The largest absolute Gasteiger partial charge is 0.461 e. The third-order valence-electron chi connectivity index (χ3n) is 5.38. The summed E-state index contributed by atoms with van der Waals surface area (Å²) in [5.41, 5.74) is -1.98. The van der Waals surface area contributed by atoms with Gasteiger partial charge in [-0.15, -0.1) is 0 Å². The van der Waals surface area contributed by atoms with Crippen LogP contribution in [0.3, 0.4) is 0 Å². The molecule has 0 amide bonds. The van der Waals surface area contributed by atoms with E-state index in [2.05, 4.69) is 0 Å². The van der Waals surface area contributed by atoms with Crippen LogP contribution < -0.4 is 4.74 Å². The molecule has 3 nitrogen and oxygen atoms in total. The van der Waals surface area contributed by atoms with Crippen LogP contribution in [0.4, 0.5) is 17.6 Å². The zero-order chi connectivity index (χ0) is 23.7. The smallest absolute Gasteiger partial charge is 0.351 e. The normalized spacial score (nSPS) is 19.8. The summed E-state index contributed by atoms with van der Waals surface area (Å²) < 4.78 is 64.7. The van der Waals surface area contributed by atoms with Gasteiger partial charge in [0.15, 0.2) is 0 Å². The summed E-state index contributed by atoms with van der Waals surface area (Å²) in [5.74, 6) is -1.33. The van der Waals surface area contributed by atoms with Crippen molar-refractivity contribution < 1.29 is 31.8 Å². The van der Waals surface area contributed by atoms with E-state index in [1.54, 1.807) is 50.2 Å². The Kier molecular flexibility index (Phi) is 6.82. The molecule has 2 aromatic rings. The highest BCUT2D eigenvalue weighted by Gasteiger charge is 2.63. The van der Waals surface area contributed by atoms with Gasteiger partial charge in [0.2, 0.25) is 0 Å². The molecule has 0 heterocycles. The summed E-state index contributed by atoms with van der Waals surface area (Å²) in [6, 6.07) is 16.0. The summed E-state index contributed by atoms with van der Waals surface area (Å²) in [6.07, 6.45) is 0.584. The second-order valence-corrected chi connectivity index (χ2v) is 9.02. The standard InChI is InChI=1S/C23H20Cl2F4O3/c1-21(2)17(12-18(22(24,26)27)23(25,28)29)19(21)20(30)31-13-14-7-6-10-16(11-14)32-15-8-4-3-5-9-15/h3-12,17,19H,13H2,1-2H3. The Labute approximate surface area is 192 Å². The fourth-order valence-electron chi connectivity index (χ4n) is 3.54. The number of para-hydroxylation sites is 1. The third kappa shape index (κ3) is 5.75. The molecule has 0 spiro atoms. The molecule has 0 saturated heterocycles. The molecule has 1 saturated carbocycles. The number of hydrogen-bond acceptors (Lipinski definition) is 3. The molecule has 2 aromatic carbocycles. The van der Waals surface area contributed by atoms with E-state index in [-0.39, 0.29) is 6.61 Å². The summed E-state index contributed by atoms with van der Waals surface area (Å²) in [4.78, 5) is 12.5. The molecule has 0 aromatic heterocycles. The van der Waals surface area contributed by atoms with Crippen LogP contribution >= 0.6 is 23.2 Å². The van der Waals surface area contributed by atoms with Crippen LogP contribution in [0.25, 0.3) is 0 Å². The van der Waals surface area contributed by atoms with Gasteiger partial charge in [0, 0.05) is 0 Å². The quantitative estimate of drug-likeness (QED) is 0.167. The molecule has 172 valence electrons. The number of carbonyl (C=O) groups excluding carboxylic acids is 1. The predicted octanol–water partition coefficient (Wildman–Crippen LogP) is 7.38. The lowest BCUT2D eigenvalue weighted by atomic mass is 10.1. The summed E-state index contributed by atoms with van der Waals surface area (Å²) in [7, 11) is 0. The van der Waals surface area contributed by atoms with Crippen molar-refractivity contribution in [3.8, 4) is 11.5 Å². The van der Waals surface area contributed by atoms with E-state index < -0.39 is 39.6 Å². The second kappa shape index (κ2) is 8.94. The van der Waals surface area contributed by atoms with Gasteiger partial charge in [0.25, 0.3) is 0 Å². The van der Waals surface area contributed by atoms with E-state index >= 15 is 0 Å². The van der Waals surface area contributed by atoms with Gasteiger partial charge in [-0.3, -0.25) is 4.79 Å². The van der Waals surface area contributed by atoms with Crippen molar-refractivity contribution in [2.45, 2.75) is 31.2 Å². The number of halogens is 6. The van der Waals surface area contributed by atoms with E-state index in [1.165, 1.54) is 0 Å². The third-order valence-corrected chi connectivity index (χ3v) is 5.79. The topological polar surface area (TPSA) is 35.5 Å². The van der Waals surface area contributed by atoms with E-state index in [0.29, 0.717) is 23.1 Å². The molecule has 0 N–H and O–H groups in total. The first-order valence-corrected chi connectivity index (χ1v) is 10.4. The fourth-order valence-corrected chi connectivity index (χ4v) is 3.95. The minimum absolute atomic E-state index is 0.0992. The molecular formula is C23H20Cl2F4O3. The van der Waals surface area contributed by atoms with Gasteiger partial charge in [0.05, 0.1) is 11.5 Å². The molecule has 9 heteroatoms. The Hall–Kier alpha value is -2.25. The van der Waals surface area contributed by atoms with Gasteiger partial charge in [0.1, 0.15) is 18.1 Å². The maximum atomic E-state index is 13.4. The molecule has 1 aliphatic rings. The lowest BCUT2D eigenvalue weighted by Crippen LogP contribution is -2.24. The van der Waals surface area contributed by atoms with Crippen molar-refractivity contribution in [1.29, 1.82) is 0 Å². The van der Waals surface area contributed by atoms with E-state index in [0.717, 1.165) is 0 Å². The Morgan fingerprint density at radius 1 is 1.00 bits per heavy atom. The Morgan fingerprint density at radius 3 is 2.19 bits per heavy atom. The highest BCUT2D eigenvalue weighted by molar-refractivity contribution is 6.28. The Bertz CT molecular complexity index is 982. The Morgan fingerprint density at radius 2 is 1.59 bits per heavy atom. The lowest BCUT2D eigenvalue weighted by molar-refractivity contribution is -0.147. The van der Waals surface area contributed by atoms with Crippen molar-refractivity contribution in [1.82, 2.24) is 0 Å². The minimum Gasteiger partial charge on any atom is -0.461 e. The zero-order valence-corrected chi connectivity index (χ0v) is 18.6. The summed E-state index contributed by atoms with van der Waals surface area (Å²) in [5, 5.41) is -8.70. The average molecular weight is 491 g/mol. The Balaban J connectivity index is 1.66. The van der Waals surface area contributed by atoms with Crippen LogP contribution in [0.15, 0.2) is 66.2 Å². The van der Waals surface area contributed by atoms with Gasteiger partial charge in [-0.2, -0.15) is 17.6 Å². The molecule has 0 radical (unpaired) electrons. The van der Waals surface area contributed by atoms with E-state index in [9.17, 15) is 22.4 Å².